The van der Waals surface area contributed by atoms with Crippen molar-refractivity contribution in [1.29, 1.82) is 0 Å². The molecule has 0 saturated carbocycles. The summed E-state index contributed by atoms with van der Waals surface area (Å²) in [5, 5.41) is 0. The molecule has 5 heteroatoms. The molecule has 0 aliphatic heterocycles. The van der Waals surface area contributed by atoms with Crippen molar-refractivity contribution in [1.82, 2.24) is 4.98 Å². The van der Waals surface area contributed by atoms with Crippen molar-refractivity contribution in [3.05, 3.63) is 78.4 Å². The second-order valence-electron chi connectivity index (χ2n) is 5.64. The highest BCUT2D eigenvalue weighted by Crippen LogP contribution is 2.32. The van der Waals surface area contributed by atoms with Crippen LogP contribution in [0, 0.1) is 0 Å². The number of aromatic nitrogens is 1. The maximum atomic E-state index is 12.7. The zero-order valence-corrected chi connectivity index (χ0v) is 12.9. The number of alkyl halides is 3. The van der Waals surface area contributed by atoms with Crippen LogP contribution in [0.1, 0.15) is 5.56 Å². The fourth-order valence-corrected chi connectivity index (χ4v) is 2.68. The lowest BCUT2D eigenvalue weighted by Crippen LogP contribution is -2.03. The number of benzene rings is 3. The topological polar surface area (TPSA) is 26.0 Å². The number of oxazole rings is 1. The molecule has 0 radical (unpaired) electrons. The van der Waals surface area contributed by atoms with Gasteiger partial charge in [0.25, 0.3) is 0 Å². The van der Waals surface area contributed by atoms with E-state index in [4.69, 9.17) is 4.42 Å². The van der Waals surface area contributed by atoms with Crippen molar-refractivity contribution in [2.24, 2.45) is 0 Å². The van der Waals surface area contributed by atoms with Gasteiger partial charge in [0, 0.05) is 5.56 Å². The molecule has 4 aromatic rings. The maximum Gasteiger partial charge on any atom is 0.416 e. The molecule has 1 aromatic heterocycles. The second kappa shape index (κ2) is 5.77. The molecular weight excluding hydrogens is 327 g/mol. The van der Waals surface area contributed by atoms with Crippen LogP contribution in [0.25, 0.3) is 33.7 Å². The fraction of sp³-hybridized carbons (Fsp3) is 0.0500. The zero-order chi connectivity index (χ0) is 17.4. The van der Waals surface area contributed by atoms with Gasteiger partial charge in [-0.05, 0) is 47.5 Å². The molecule has 2 nitrogen and oxygen atoms in total. The van der Waals surface area contributed by atoms with E-state index < -0.39 is 11.7 Å². The summed E-state index contributed by atoms with van der Waals surface area (Å²) in [6, 6.07) is 19.9. The largest absolute Gasteiger partial charge is 0.436 e. The molecule has 0 N–H and O–H groups in total. The summed E-state index contributed by atoms with van der Waals surface area (Å²) < 4.78 is 43.8. The summed E-state index contributed by atoms with van der Waals surface area (Å²) in [6.45, 7) is 0. The molecule has 0 fully saturated rings. The summed E-state index contributed by atoms with van der Waals surface area (Å²) in [5.41, 5.74) is 3.06. The van der Waals surface area contributed by atoms with Crippen molar-refractivity contribution >= 4 is 11.1 Å². The number of hydrogen-bond donors (Lipinski definition) is 0. The molecule has 0 atom stereocenters. The molecule has 1 heterocycles. The lowest BCUT2D eigenvalue weighted by molar-refractivity contribution is -0.137. The van der Waals surface area contributed by atoms with E-state index in [0.29, 0.717) is 17.0 Å². The number of hydrogen-bond acceptors (Lipinski definition) is 2. The highest BCUT2D eigenvalue weighted by atomic mass is 19.4. The zero-order valence-electron chi connectivity index (χ0n) is 12.9. The van der Waals surface area contributed by atoms with Gasteiger partial charge in [0.05, 0.1) is 5.56 Å². The van der Waals surface area contributed by atoms with Gasteiger partial charge in [-0.3, -0.25) is 0 Å². The second-order valence-corrected chi connectivity index (χ2v) is 5.64. The Morgan fingerprint density at radius 3 is 2.16 bits per heavy atom. The molecule has 4 rings (SSSR count). The van der Waals surface area contributed by atoms with Crippen LogP contribution < -0.4 is 0 Å². The van der Waals surface area contributed by atoms with Crippen LogP contribution in [0.4, 0.5) is 13.2 Å². The summed E-state index contributed by atoms with van der Waals surface area (Å²) in [7, 11) is 0. The van der Waals surface area contributed by atoms with Crippen molar-refractivity contribution in [2.75, 3.05) is 0 Å². The fourth-order valence-electron chi connectivity index (χ4n) is 2.68. The smallest absolute Gasteiger partial charge is 0.416 e. The van der Waals surface area contributed by atoms with E-state index in [9.17, 15) is 13.2 Å². The van der Waals surface area contributed by atoms with E-state index in [2.05, 4.69) is 4.98 Å². The standard InChI is InChI=1S/C20H12F3NO/c21-20(22,23)16-10-8-13(9-11-16)14-4-3-5-15(12-14)19-24-17-6-1-2-7-18(17)25-19/h1-12H. The third-order valence-corrected chi connectivity index (χ3v) is 3.95. The molecule has 0 bridgehead atoms. The van der Waals surface area contributed by atoms with Gasteiger partial charge >= 0.3 is 6.18 Å². The number of para-hydroxylation sites is 2. The van der Waals surface area contributed by atoms with E-state index >= 15 is 0 Å². The molecule has 0 amide bonds. The Morgan fingerprint density at radius 2 is 1.44 bits per heavy atom. The minimum absolute atomic E-state index is 0.481. The lowest BCUT2D eigenvalue weighted by atomic mass is 10.0. The average molecular weight is 339 g/mol. The van der Waals surface area contributed by atoms with Gasteiger partial charge in [0.15, 0.2) is 5.58 Å². The van der Waals surface area contributed by atoms with Crippen LogP contribution in [0.15, 0.2) is 77.2 Å². The van der Waals surface area contributed by atoms with Gasteiger partial charge in [0.2, 0.25) is 5.89 Å². The first-order valence-electron chi connectivity index (χ1n) is 7.64. The normalized spacial score (nSPS) is 11.8. The average Bonchev–Trinajstić information content (AvgIpc) is 3.05. The predicted molar refractivity (Wildman–Crippen MR) is 89.9 cm³/mol. The minimum atomic E-state index is -4.33. The monoisotopic (exact) mass is 339 g/mol. The van der Waals surface area contributed by atoms with Gasteiger partial charge in [-0.1, -0.05) is 36.4 Å². The van der Waals surface area contributed by atoms with Crippen LogP contribution in [0.2, 0.25) is 0 Å². The molecular formula is C20H12F3NO. The van der Waals surface area contributed by atoms with Gasteiger partial charge in [-0.25, -0.2) is 4.98 Å². The van der Waals surface area contributed by atoms with Crippen molar-refractivity contribution < 1.29 is 17.6 Å². The lowest BCUT2D eigenvalue weighted by Gasteiger charge is -2.08. The first-order chi connectivity index (χ1) is 12.0. The summed E-state index contributed by atoms with van der Waals surface area (Å²) in [6.07, 6.45) is -4.33. The number of halogens is 3. The van der Waals surface area contributed by atoms with E-state index in [1.165, 1.54) is 12.1 Å². The molecule has 0 aliphatic rings. The molecule has 0 spiro atoms. The quantitative estimate of drug-likeness (QED) is 0.436. The highest BCUT2D eigenvalue weighted by Gasteiger charge is 2.29. The van der Waals surface area contributed by atoms with Crippen LogP contribution >= 0.6 is 0 Å². The van der Waals surface area contributed by atoms with Crippen LogP contribution in [0.3, 0.4) is 0 Å². The first kappa shape index (κ1) is 15.4. The number of nitrogens with zero attached hydrogens (tertiary/aromatic N) is 1. The Morgan fingerprint density at radius 1 is 0.720 bits per heavy atom. The van der Waals surface area contributed by atoms with E-state index in [-0.39, 0.29) is 0 Å². The van der Waals surface area contributed by atoms with Gasteiger partial charge in [0.1, 0.15) is 5.52 Å². The molecule has 3 aromatic carbocycles. The molecule has 0 saturated heterocycles. The summed E-state index contributed by atoms with van der Waals surface area (Å²) in [5.74, 6) is 0.481. The van der Waals surface area contributed by atoms with Crippen molar-refractivity contribution in [2.45, 2.75) is 6.18 Å². The Labute approximate surface area is 141 Å². The SMILES string of the molecule is FC(F)(F)c1ccc(-c2cccc(-c3nc4ccccc4o3)c2)cc1. The Hall–Kier alpha value is -3.08. The van der Waals surface area contributed by atoms with Crippen LogP contribution in [-0.2, 0) is 6.18 Å². The van der Waals surface area contributed by atoms with E-state index in [1.54, 1.807) is 0 Å². The molecule has 0 unspecified atom stereocenters. The Bertz CT molecular complexity index is 1000. The number of fused-ring (bicyclic) bond motifs is 1. The summed E-state index contributed by atoms with van der Waals surface area (Å²) >= 11 is 0. The molecule has 25 heavy (non-hydrogen) atoms. The van der Waals surface area contributed by atoms with Gasteiger partial charge in [-0.15, -0.1) is 0 Å². The third-order valence-electron chi connectivity index (χ3n) is 3.95. The van der Waals surface area contributed by atoms with E-state index in [1.807, 2.05) is 48.5 Å². The highest BCUT2D eigenvalue weighted by molar-refractivity contribution is 5.77. The molecule has 0 aliphatic carbocycles. The Balaban J connectivity index is 1.72. The predicted octanol–water partition coefficient (Wildman–Crippen LogP) is 6.18. The number of rotatable bonds is 2. The minimum Gasteiger partial charge on any atom is -0.436 e. The maximum absolute atomic E-state index is 12.7. The summed E-state index contributed by atoms with van der Waals surface area (Å²) in [4.78, 5) is 4.45. The first-order valence-corrected chi connectivity index (χ1v) is 7.64. The van der Waals surface area contributed by atoms with Crippen LogP contribution in [-0.4, -0.2) is 4.98 Å². The van der Waals surface area contributed by atoms with Gasteiger partial charge < -0.3 is 4.42 Å². The third kappa shape index (κ3) is 3.01. The van der Waals surface area contributed by atoms with Crippen LogP contribution in [0.5, 0.6) is 0 Å². The molecule has 124 valence electrons. The van der Waals surface area contributed by atoms with Gasteiger partial charge in [-0.2, -0.15) is 13.2 Å². The Kier molecular flexibility index (Phi) is 3.57. The van der Waals surface area contributed by atoms with Crippen molar-refractivity contribution in [3.8, 4) is 22.6 Å². The van der Waals surface area contributed by atoms with E-state index in [0.717, 1.165) is 28.8 Å². The van der Waals surface area contributed by atoms with Crippen molar-refractivity contribution in [3.63, 3.8) is 0 Å².